The molecule has 2 aromatic rings. The van der Waals surface area contributed by atoms with Crippen LogP contribution in [-0.2, 0) is 11.0 Å². The van der Waals surface area contributed by atoms with Gasteiger partial charge in [0, 0.05) is 31.3 Å². The lowest BCUT2D eigenvalue weighted by Gasteiger charge is -2.39. The van der Waals surface area contributed by atoms with Crippen molar-refractivity contribution in [3.8, 4) is 5.75 Å². The topological polar surface area (TPSA) is 112 Å². The van der Waals surface area contributed by atoms with Gasteiger partial charge in [-0.2, -0.15) is 0 Å². The zero-order valence-electron chi connectivity index (χ0n) is 19.8. The Labute approximate surface area is 218 Å². The van der Waals surface area contributed by atoms with E-state index in [1.165, 1.54) is 6.07 Å². The number of rotatable bonds is 10. The molecule has 190 valence electrons. The summed E-state index contributed by atoms with van der Waals surface area (Å²) in [6.07, 6.45) is 3.80. The van der Waals surface area contributed by atoms with E-state index in [0.717, 1.165) is 18.4 Å². The third kappa shape index (κ3) is 6.73. The number of hydrogen-bond donors (Lipinski definition) is 1. The van der Waals surface area contributed by atoms with Gasteiger partial charge < -0.3 is 19.8 Å². The molecule has 3 rings (SSSR count). The van der Waals surface area contributed by atoms with Gasteiger partial charge in [0.15, 0.2) is 0 Å². The fraction of sp³-hybridized carbons (Fsp3) is 0.458. The summed E-state index contributed by atoms with van der Waals surface area (Å²) in [5.74, 6) is 1.19. The average molecular weight is 542 g/mol. The third-order valence-corrected chi connectivity index (χ3v) is 8.38. The molecule has 1 fully saturated rings. The monoisotopic (exact) mass is 540 g/mol. The molecule has 0 bridgehead atoms. The van der Waals surface area contributed by atoms with Crippen LogP contribution in [-0.4, -0.2) is 38.6 Å². The van der Waals surface area contributed by atoms with E-state index in [0.29, 0.717) is 47.7 Å². The minimum atomic E-state index is -1.54. The number of nitro groups is 1. The van der Waals surface area contributed by atoms with E-state index in [-0.39, 0.29) is 17.7 Å². The standard InChI is InChI=1S/C24H30Cl2N4O4S/c1-4-12-34-21-14-20(26)19(25)13-17(21)18(15-24(2,3)35(27)33)16-8-10-29(11-9-16)22-6-5-7-23(28-22)30(31)32/h4-7,13-14,16,18H,1,8-12,15,27H2,2-3H3/t18-,35?/m1/s1. The van der Waals surface area contributed by atoms with E-state index in [4.69, 9.17) is 33.1 Å². The van der Waals surface area contributed by atoms with E-state index < -0.39 is 20.7 Å². The number of aromatic nitrogens is 1. The number of nitrogens with zero attached hydrogens (tertiary/aromatic N) is 3. The number of benzene rings is 1. The van der Waals surface area contributed by atoms with Gasteiger partial charge in [0.2, 0.25) is 5.82 Å². The van der Waals surface area contributed by atoms with Crippen LogP contribution >= 0.6 is 23.2 Å². The molecule has 35 heavy (non-hydrogen) atoms. The van der Waals surface area contributed by atoms with Crippen LogP contribution in [0.4, 0.5) is 11.6 Å². The first-order chi connectivity index (χ1) is 16.5. The predicted octanol–water partition coefficient (Wildman–Crippen LogP) is 5.65. The Morgan fingerprint density at radius 2 is 2.00 bits per heavy atom. The molecular formula is C24H30Cl2N4O4S. The van der Waals surface area contributed by atoms with Crippen LogP contribution in [0.3, 0.4) is 0 Å². The van der Waals surface area contributed by atoms with Gasteiger partial charge in [0.25, 0.3) is 0 Å². The molecule has 0 saturated carbocycles. The molecule has 1 unspecified atom stereocenters. The summed E-state index contributed by atoms with van der Waals surface area (Å²) in [5.41, 5.74) is 0.895. The summed E-state index contributed by atoms with van der Waals surface area (Å²) in [6, 6.07) is 8.36. The SMILES string of the molecule is C=CCOc1cc(Cl)c(Cl)cc1[C@H](CC(C)(C)S(N)=O)C1CCN(c2cccc([N+](=O)[O-])n2)CC1. The summed E-state index contributed by atoms with van der Waals surface area (Å²) in [7, 11) is -1.54. The lowest BCUT2D eigenvalue weighted by Crippen LogP contribution is -2.39. The molecule has 2 N–H and O–H groups in total. The highest BCUT2D eigenvalue weighted by Gasteiger charge is 2.37. The van der Waals surface area contributed by atoms with Crippen LogP contribution in [0.5, 0.6) is 5.75 Å². The van der Waals surface area contributed by atoms with Crippen molar-refractivity contribution in [3.05, 3.63) is 68.7 Å². The van der Waals surface area contributed by atoms with Gasteiger partial charge in [-0.1, -0.05) is 35.9 Å². The molecule has 1 aliphatic rings. The first kappa shape index (κ1) is 27.4. The van der Waals surface area contributed by atoms with E-state index in [2.05, 4.69) is 16.5 Å². The number of halogens is 2. The van der Waals surface area contributed by atoms with Crippen LogP contribution < -0.4 is 14.8 Å². The Balaban J connectivity index is 1.91. The molecule has 2 heterocycles. The van der Waals surface area contributed by atoms with Crippen molar-refractivity contribution in [1.82, 2.24) is 4.98 Å². The van der Waals surface area contributed by atoms with E-state index in [9.17, 15) is 14.3 Å². The van der Waals surface area contributed by atoms with Gasteiger partial charge in [-0.05, 0) is 72.5 Å². The molecule has 8 nitrogen and oxygen atoms in total. The van der Waals surface area contributed by atoms with Crippen molar-refractivity contribution in [2.75, 3.05) is 24.6 Å². The van der Waals surface area contributed by atoms with Gasteiger partial charge in [-0.3, -0.25) is 5.14 Å². The number of piperidine rings is 1. The summed E-state index contributed by atoms with van der Waals surface area (Å²) in [4.78, 5) is 16.9. The molecule has 2 atom stereocenters. The van der Waals surface area contributed by atoms with E-state index in [1.807, 2.05) is 19.9 Å². The number of ether oxygens (including phenoxy) is 1. The first-order valence-electron chi connectivity index (χ1n) is 11.3. The summed E-state index contributed by atoms with van der Waals surface area (Å²) in [6.45, 7) is 9.15. The molecule has 0 amide bonds. The largest absolute Gasteiger partial charge is 0.489 e. The van der Waals surface area contributed by atoms with Crippen molar-refractivity contribution in [3.63, 3.8) is 0 Å². The highest BCUT2D eigenvalue weighted by molar-refractivity contribution is 7.84. The van der Waals surface area contributed by atoms with Crippen LogP contribution in [0.2, 0.25) is 10.0 Å². The molecular weight excluding hydrogens is 511 g/mol. The molecule has 1 aromatic carbocycles. The summed E-state index contributed by atoms with van der Waals surface area (Å²) < 4.78 is 17.6. The second-order valence-corrected chi connectivity index (χ2v) is 11.7. The maximum Gasteiger partial charge on any atom is 0.365 e. The van der Waals surface area contributed by atoms with Gasteiger partial charge in [0.05, 0.1) is 25.8 Å². The highest BCUT2D eigenvalue weighted by Crippen LogP contribution is 2.45. The van der Waals surface area contributed by atoms with Gasteiger partial charge in [-0.15, -0.1) is 0 Å². The maximum atomic E-state index is 12.3. The Kier molecular flexibility index (Phi) is 9.15. The van der Waals surface area contributed by atoms with Crippen molar-refractivity contribution >= 4 is 45.8 Å². The van der Waals surface area contributed by atoms with Crippen molar-refractivity contribution in [2.45, 2.75) is 43.8 Å². The fourth-order valence-corrected chi connectivity index (χ4v) is 5.14. The quantitative estimate of drug-likeness (QED) is 0.236. The summed E-state index contributed by atoms with van der Waals surface area (Å²) >= 11 is 12.7. The molecule has 0 radical (unpaired) electrons. The molecule has 0 spiro atoms. The lowest BCUT2D eigenvalue weighted by atomic mass is 9.75. The Hall–Kier alpha value is -2.20. The van der Waals surface area contributed by atoms with Gasteiger partial charge in [-0.25, -0.2) is 4.21 Å². The van der Waals surface area contributed by atoms with Crippen LogP contribution in [0.15, 0.2) is 43.0 Å². The van der Waals surface area contributed by atoms with Crippen molar-refractivity contribution in [2.24, 2.45) is 11.1 Å². The van der Waals surface area contributed by atoms with E-state index >= 15 is 0 Å². The molecule has 11 heteroatoms. The Morgan fingerprint density at radius 3 is 2.60 bits per heavy atom. The molecule has 0 aliphatic carbocycles. The normalized spacial score (nSPS) is 16.5. The molecule has 1 aromatic heterocycles. The minimum Gasteiger partial charge on any atom is -0.489 e. The zero-order chi connectivity index (χ0) is 25.8. The van der Waals surface area contributed by atoms with Crippen molar-refractivity contribution < 1.29 is 13.9 Å². The van der Waals surface area contributed by atoms with Gasteiger partial charge in [0.1, 0.15) is 12.4 Å². The number of nitrogens with two attached hydrogens (primary N) is 1. The smallest absolute Gasteiger partial charge is 0.365 e. The third-order valence-electron chi connectivity index (χ3n) is 6.40. The predicted molar refractivity (Wildman–Crippen MR) is 142 cm³/mol. The van der Waals surface area contributed by atoms with Crippen LogP contribution in [0, 0.1) is 16.0 Å². The van der Waals surface area contributed by atoms with E-state index in [1.54, 1.807) is 24.3 Å². The average Bonchev–Trinajstić information content (AvgIpc) is 2.83. The van der Waals surface area contributed by atoms with Crippen molar-refractivity contribution in [1.29, 1.82) is 0 Å². The number of hydrogen-bond acceptors (Lipinski definition) is 6. The highest BCUT2D eigenvalue weighted by atomic mass is 35.5. The second kappa shape index (κ2) is 11.7. The Bertz CT molecular complexity index is 1110. The minimum absolute atomic E-state index is 0.0488. The second-order valence-electron chi connectivity index (χ2n) is 9.21. The van der Waals surface area contributed by atoms with Crippen LogP contribution in [0.25, 0.3) is 0 Å². The van der Waals surface area contributed by atoms with Crippen LogP contribution in [0.1, 0.15) is 44.6 Å². The zero-order valence-corrected chi connectivity index (χ0v) is 22.1. The molecule has 1 saturated heterocycles. The van der Waals surface area contributed by atoms with Gasteiger partial charge >= 0.3 is 5.82 Å². The fourth-order valence-electron chi connectivity index (χ4n) is 4.47. The lowest BCUT2D eigenvalue weighted by molar-refractivity contribution is -0.389. The number of anilines is 1. The number of pyridine rings is 1. The first-order valence-corrected chi connectivity index (χ1v) is 13.3. The summed E-state index contributed by atoms with van der Waals surface area (Å²) in [5, 5.41) is 17.8. The Morgan fingerprint density at radius 1 is 1.34 bits per heavy atom. The maximum absolute atomic E-state index is 12.3. The molecule has 1 aliphatic heterocycles.